The zero-order valence-electron chi connectivity index (χ0n) is 45.5. The molecule has 7 heterocycles. The van der Waals surface area contributed by atoms with Gasteiger partial charge in [-0.05, 0) is 76.3 Å². The van der Waals surface area contributed by atoms with Gasteiger partial charge in [0.25, 0.3) is 11.9 Å². The van der Waals surface area contributed by atoms with E-state index in [1.165, 1.54) is 22.9 Å². The predicted molar refractivity (Wildman–Crippen MR) is 300 cm³/mol. The first-order valence-corrected chi connectivity index (χ1v) is 33.2. The molecule has 7 rings (SSSR count). The van der Waals surface area contributed by atoms with Gasteiger partial charge in [-0.3, -0.25) is 19.0 Å². The molecule has 72 heavy (non-hydrogen) atoms. The van der Waals surface area contributed by atoms with Gasteiger partial charge in [-0.15, -0.1) is 11.8 Å². The number of pyridine rings is 2. The molecule has 0 aromatic carbocycles. The summed E-state index contributed by atoms with van der Waals surface area (Å²) in [6.45, 7) is 31.5. The molecule has 403 valence electrons. The molecule has 1 radical (unpaired) electrons. The van der Waals surface area contributed by atoms with E-state index in [-0.39, 0.29) is 17.1 Å². The van der Waals surface area contributed by atoms with E-state index in [1.807, 2.05) is 66.2 Å². The van der Waals surface area contributed by atoms with Crippen LogP contribution in [0.4, 0.5) is 0 Å². The Morgan fingerprint density at radius 2 is 1.11 bits per heavy atom. The number of thioether (sulfide) groups is 1. The molecular weight excluding hydrogens is 1040 g/mol. The van der Waals surface area contributed by atoms with Crippen LogP contribution in [0.5, 0.6) is 0 Å². The Hall–Kier alpha value is -3.70. The Labute approximate surface area is 450 Å². The van der Waals surface area contributed by atoms with Crippen LogP contribution in [0.3, 0.4) is 0 Å². The average Bonchev–Trinajstić information content (AvgIpc) is 4.09. The van der Waals surface area contributed by atoms with Gasteiger partial charge in [-0.2, -0.15) is 22.8 Å². The maximum Gasteiger partial charge on any atom is 0.496 e. The van der Waals surface area contributed by atoms with Crippen molar-refractivity contribution in [3.05, 3.63) is 61.7 Å². The molecule has 1 aliphatic rings. The molecule has 1 saturated heterocycles. The summed E-state index contributed by atoms with van der Waals surface area (Å²) >= 11 is 5.78. The van der Waals surface area contributed by atoms with E-state index in [2.05, 4.69) is 144 Å². The number of rotatable bonds is 17. The van der Waals surface area contributed by atoms with Crippen molar-refractivity contribution in [2.75, 3.05) is 24.7 Å². The zero-order valence-corrected chi connectivity index (χ0v) is 50.2. The molecule has 0 amide bonds. The summed E-state index contributed by atoms with van der Waals surface area (Å²) in [5, 5.41) is 25.7. The van der Waals surface area contributed by atoms with Gasteiger partial charge < -0.3 is 38.1 Å². The molecule has 6 aromatic rings. The van der Waals surface area contributed by atoms with Crippen molar-refractivity contribution in [2.24, 2.45) is 14.1 Å². The molecule has 0 saturated carbocycles. The maximum atomic E-state index is 9.00. The SMILES string of the molecule is CC(=O)O.CC(=O)O.CCCS.CCCSc1cnc2c(c1)c(-c1cnn(C)c1)cn2COCC[Si](C)(C)C.Cn1cc(-c2cn(COCC[Si](C)(C)C)c3ncc(B4OC(C)(C)C(C)(C)O4)cc23)cn1.[Cu]. The number of aromatic nitrogens is 8. The van der Waals surface area contributed by atoms with Crippen LogP contribution in [0, 0.1) is 0 Å². The molecule has 2 N–H and O–H groups in total. The third-order valence-corrected chi connectivity index (χ3v) is 16.2. The zero-order chi connectivity index (χ0) is 53.3. The van der Waals surface area contributed by atoms with E-state index in [1.54, 1.807) is 0 Å². The van der Waals surface area contributed by atoms with E-state index in [9.17, 15) is 0 Å². The third-order valence-electron chi connectivity index (χ3n) is 11.1. The van der Waals surface area contributed by atoms with Crippen LogP contribution in [0.1, 0.15) is 68.2 Å². The molecule has 0 unspecified atom stereocenters. The Morgan fingerprint density at radius 3 is 1.47 bits per heavy atom. The number of ether oxygens (including phenoxy) is 2. The maximum absolute atomic E-state index is 9.00. The first kappa shape index (κ1) is 64.4. The molecule has 22 heteroatoms. The van der Waals surface area contributed by atoms with Crippen molar-refractivity contribution >= 4 is 87.1 Å². The van der Waals surface area contributed by atoms with E-state index < -0.39 is 46.4 Å². The standard InChI is InChI=1S/C23H35BN4O3Si.C20H30N4OSSi.C3H8S.2C2H4O2.Cu/c1-22(2)23(3,4)31-24(30-22)18-11-19-20(17-12-26-27(5)14-17)15-28(21(19)25-13-18)16-29-9-10-32(6,7)8;1-6-8-26-17-10-18-19(16-11-22-23(2)13-16)14-24(20(18)21-12-17)15-25-7-9-27(3,4)5;1-2-3-4;2*1-2(3)4;/h11-15H,9-10,16H2,1-8H3;10-14H,6-9,15H2,1-5H3;4H,2-3H2,1H3;2*1H3,(H,3,4);. The number of hydrogen-bond donors (Lipinski definition) is 3. The summed E-state index contributed by atoms with van der Waals surface area (Å²) in [4.78, 5) is 28.8. The fourth-order valence-corrected chi connectivity index (χ4v) is 8.89. The molecular formula is C50H81BCuN8O8S2Si2. The largest absolute Gasteiger partial charge is 0.496 e. The van der Waals surface area contributed by atoms with Gasteiger partial charge in [0.2, 0.25) is 0 Å². The number of fused-ring (bicyclic) bond motifs is 2. The van der Waals surface area contributed by atoms with Crippen LogP contribution in [-0.4, -0.2) is 120 Å². The van der Waals surface area contributed by atoms with E-state index in [4.69, 9.17) is 48.6 Å². The van der Waals surface area contributed by atoms with Crippen LogP contribution in [0.2, 0.25) is 51.4 Å². The summed E-state index contributed by atoms with van der Waals surface area (Å²) in [7, 11) is 1.22. The molecule has 6 aromatic heterocycles. The Kier molecular flexibility index (Phi) is 26.3. The van der Waals surface area contributed by atoms with Gasteiger partial charge in [-0.1, -0.05) is 53.1 Å². The second kappa shape index (κ2) is 29.4. The molecule has 0 spiro atoms. The quantitative estimate of drug-likeness (QED) is 0.0340. The van der Waals surface area contributed by atoms with Crippen molar-refractivity contribution in [3.63, 3.8) is 0 Å². The molecule has 0 aliphatic carbocycles. The van der Waals surface area contributed by atoms with Gasteiger partial charge in [0.05, 0.1) is 23.6 Å². The Morgan fingerprint density at radius 1 is 0.708 bits per heavy atom. The molecule has 0 bridgehead atoms. The number of hydrogen-bond acceptors (Lipinski definition) is 12. The third kappa shape index (κ3) is 20.9. The number of carboxylic acids is 2. The van der Waals surface area contributed by atoms with Gasteiger partial charge >= 0.3 is 7.12 Å². The molecule has 16 nitrogen and oxygen atoms in total. The summed E-state index contributed by atoms with van der Waals surface area (Å²) in [5.74, 6) is 0.454. The van der Waals surface area contributed by atoms with Gasteiger partial charge in [-0.25, -0.2) is 9.97 Å². The summed E-state index contributed by atoms with van der Waals surface area (Å²) in [6, 6.07) is 6.70. The first-order valence-electron chi connectivity index (χ1n) is 24.2. The number of carbonyl (C=O) groups is 2. The van der Waals surface area contributed by atoms with Crippen LogP contribution < -0.4 is 5.46 Å². The Balaban J connectivity index is 0.000000402. The fourth-order valence-electron chi connectivity index (χ4n) is 6.61. The molecule has 1 aliphatic heterocycles. The second-order valence-electron chi connectivity index (χ2n) is 20.9. The number of thiol groups is 1. The van der Waals surface area contributed by atoms with Gasteiger partial charge in [0.1, 0.15) is 24.8 Å². The number of aliphatic carboxylic acids is 2. The van der Waals surface area contributed by atoms with E-state index >= 15 is 0 Å². The minimum absolute atomic E-state index is 0. The minimum atomic E-state index is -1.13. The predicted octanol–water partition coefficient (Wildman–Crippen LogP) is 10.8. The summed E-state index contributed by atoms with van der Waals surface area (Å²) < 4.78 is 32.4. The van der Waals surface area contributed by atoms with E-state index in [0.717, 1.165) is 95.3 Å². The fraction of sp³-hybridized carbons (Fsp3) is 0.560. The van der Waals surface area contributed by atoms with Gasteiger partial charge in [0.15, 0.2) is 0 Å². The van der Waals surface area contributed by atoms with Crippen molar-refractivity contribution in [2.45, 2.75) is 149 Å². The van der Waals surface area contributed by atoms with Crippen molar-refractivity contribution in [1.29, 1.82) is 0 Å². The summed E-state index contributed by atoms with van der Waals surface area (Å²) in [6.07, 6.45) is 18.3. The number of aryl methyl sites for hydroxylation is 2. The minimum Gasteiger partial charge on any atom is -0.481 e. The Bertz CT molecular complexity index is 2570. The van der Waals surface area contributed by atoms with Gasteiger partial charge in [0, 0.05) is 155 Å². The van der Waals surface area contributed by atoms with Crippen LogP contribution in [0.25, 0.3) is 44.3 Å². The topological polar surface area (TPSA) is 183 Å². The van der Waals surface area contributed by atoms with Crippen molar-refractivity contribution in [3.8, 4) is 22.3 Å². The molecule has 1 fully saturated rings. The smallest absolute Gasteiger partial charge is 0.481 e. The monoisotopic (exact) mass is 1120 g/mol. The van der Waals surface area contributed by atoms with Crippen molar-refractivity contribution in [1.82, 2.24) is 38.7 Å². The normalized spacial score (nSPS) is 13.7. The summed E-state index contributed by atoms with van der Waals surface area (Å²) in [5.41, 5.74) is 6.39. The van der Waals surface area contributed by atoms with Crippen molar-refractivity contribution < 1.29 is 55.7 Å². The second-order valence-corrected chi connectivity index (χ2v) is 33.8. The molecule has 0 atom stereocenters. The van der Waals surface area contributed by atoms with Crippen LogP contribution >= 0.6 is 24.4 Å². The van der Waals surface area contributed by atoms with E-state index in [0.29, 0.717) is 13.5 Å². The first-order chi connectivity index (χ1) is 33.1. The number of nitrogens with zero attached hydrogens (tertiary/aromatic N) is 8. The van der Waals surface area contributed by atoms with Crippen LogP contribution in [-0.2, 0) is 73.0 Å². The number of carboxylic acid groups (broad SMARTS) is 2. The average molecular weight is 1120 g/mol. The van der Waals surface area contributed by atoms with Crippen LogP contribution in [0.15, 0.2) is 66.6 Å².